The van der Waals surface area contributed by atoms with Gasteiger partial charge in [-0.1, -0.05) is 45.0 Å². The van der Waals surface area contributed by atoms with Gasteiger partial charge in [-0.15, -0.1) is 0 Å². The zero-order valence-corrected chi connectivity index (χ0v) is 16.5. The number of hydrogen-bond donors (Lipinski definition) is 1. The van der Waals surface area contributed by atoms with Crippen molar-refractivity contribution in [1.82, 2.24) is 4.98 Å². The van der Waals surface area contributed by atoms with Gasteiger partial charge in [0.2, 0.25) is 0 Å². The predicted octanol–water partition coefficient (Wildman–Crippen LogP) is 4.74. The maximum atomic E-state index is 9.07. The van der Waals surface area contributed by atoms with E-state index in [0.29, 0.717) is 0 Å². The van der Waals surface area contributed by atoms with Gasteiger partial charge in [-0.25, -0.2) is 0 Å². The van der Waals surface area contributed by atoms with Crippen molar-refractivity contribution in [2.75, 3.05) is 0 Å². The molecule has 2 rings (SSSR count). The predicted molar refractivity (Wildman–Crippen MR) is 102 cm³/mol. The SMILES string of the molecule is CC(C)(C)[Si](C)(C)Oc1ccc(CCc2ccc(CO)cc2)nc1. The van der Waals surface area contributed by atoms with Crippen LogP contribution in [0.1, 0.15) is 37.6 Å². The molecule has 3 nitrogen and oxygen atoms in total. The maximum Gasteiger partial charge on any atom is 0.250 e. The number of rotatable bonds is 6. The molecule has 1 aromatic carbocycles. The van der Waals surface area contributed by atoms with Crippen LogP contribution in [0, 0.1) is 0 Å². The monoisotopic (exact) mass is 343 g/mol. The topological polar surface area (TPSA) is 42.4 Å². The number of pyridine rings is 1. The Morgan fingerprint density at radius 1 is 0.958 bits per heavy atom. The van der Waals surface area contributed by atoms with Crippen molar-refractivity contribution in [3.05, 3.63) is 59.4 Å². The van der Waals surface area contributed by atoms with Crippen molar-refractivity contribution in [2.24, 2.45) is 0 Å². The number of aliphatic hydroxyl groups excluding tert-OH is 1. The lowest BCUT2D eigenvalue weighted by atomic mass is 10.1. The van der Waals surface area contributed by atoms with Gasteiger partial charge >= 0.3 is 0 Å². The van der Waals surface area contributed by atoms with E-state index in [1.807, 2.05) is 24.4 Å². The van der Waals surface area contributed by atoms with Gasteiger partial charge in [0, 0.05) is 5.69 Å². The molecule has 0 radical (unpaired) electrons. The van der Waals surface area contributed by atoms with Crippen molar-refractivity contribution in [3.63, 3.8) is 0 Å². The van der Waals surface area contributed by atoms with Gasteiger partial charge < -0.3 is 9.53 Å². The average Bonchev–Trinajstić information content (AvgIpc) is 2.53. The minimum absolute atomic E-state index is 0.0948. The average molecular weight is 344 g/mol. The smallest absolute Gasteiger partial charge is 0.250 e. The van der Waals surface area contributed by atoms with Crippen LogP contribution < -0.4 is 4.43 Å². The van der Waals surface area contributed by atoms with E-state index >= 15 is 0 Å². The molecule has 0 aliphatic heterocycles. The first-order valence-electron chi connectivity index (χ1n) is 8.54. The van der Waals surface area contributed by atoms with Crippen molar-refractivity contribution in [1.29, 1.82) is 0 Å². The molecular formula is C20H29NO2Si. The van der Waals surface area contributed by atoms with E-state index in [1.165, 1.54) is 5.56 Å². The third-order valence-electron chi connectivity index (χ3n) is 4.85. The molecule has 0 aliphatic carbocycles. The third-order valence-corrected chi connectivity index (χ3v) is 9.21. The Hall–Kier alpha value is -1.65. The van der Waals surface area contributed by atoms with E-state index < -0.39 is 8.32 Å². The highest BCUT2D eigenvalue weighted by Gasteiger charge is 2.38. The van der Waals surface area contributed by atoms with Crippen LogP contribution in [0.3, 0.4) is 0 Å². The summed E-state index contributed by atoms with van der Waals surface area (Å²) in [6.45, 7) is 11.3. The molecule has 1 N–H and O–H groups in total. The molecule has 1 aromatic heterocycles. The largest absolute Gasteiger partial charge is 0.542 e. The van der Waals surface area contributed by atoms with Crippen LogP contribution in [-0.2, 0) is 19.4 Å². The summed E-state index contributed by atoms with van der Waals surface area (Å²) in [5.41, 5.74) is 3.28. The highest BCUT2D eigenvalue weighted by molar-refractivity contribution is 6.74. The number of hydrogen-bond acceptors (Lipinski definition) is 3. The lowest BCUT2D eigenvalue weighted by molar-refractivity contribution is 0.282. The minimum Gasteiger partial charge on any atom is -0.542 e. The molecule has 0 saturated heterocycles. The van der Waals surface area contributed by atoms with Crippen molar-refractivity contribution in [3.8, 4) is 5.75 Å². The Morgan fingerprint density at radius 3 is 2.08 bits per heavy atom. The summed E-state index contributed by atoms with van der Waals surface area (Å²) in [5, 5.41) is 9.26. The lowest BCUT2D eigenvalue weighted by Gasteiger charge is -2.36. The first kappa shape index (κ1) is 18.7. The van der Waals surface area contributed by atoms with Gasteiger partial charge in [-0.2, -0.15) is 0 Å². The van der Waals surface area contributed by atoms with Crippen molar-refractivity contribution < 1.29 is 9.53 Å². The molecule has 0 saturated carbocycles. The van der Waals surface area contributed by atoms with Crippen LogP contribution in [0.25, 0.3) is 0 Å². The summed E-state index contributed by atoms with van der Waals surface area (Å²) >= 11 is 0. The Balaban J connectivity index is 1.94. The molecule has 0 atom stereocenters. The molecule has 0 bridgehead atoms. The zero-order chi connectivity index (χ0) is 17.8. The molecule has 0 aliphatic rings. The molecule has 130 valence electrons. The van der Waals surface area contributed by atoms with E-state index in [1.54, 1.807) is 0 Å². The minimum atomic E-state index is -1.80. The Morgan fingerprint density at radius 2 is 1.58 bits per heavy atom. The van der Waals surface area contributed by atoms with Crippen molar-refractivity contribution >= 4 is 8.32 Å². The second-order valence-corrected chi connectivity index (χ2v) is 12.5. The summed E-state index contributed by atoms with van der Waals surface area (Å²) in [5.74, 6) is 0.873. The van der Waals surface area contributed by atoms with E-state index in [-0.39, 0.29) is 11.6 Å². The summed E-state index contributed by atoms with van der Waals surface area (Å²) < 4.78 is 6.26. The standard InChI is InChI=1S/C20H29NO2Si/c1-20(2,3)24(4,5)23-19-13-12-18(21-14-19)11-10-16-6-8-17(15-22)9-7-16/h6-9,12-14,22H,10-11,15H2,1-5H3. The van der Waals surface area contributed by atoms with Crippen LogP contribution in [0.5, 0.6) is 5.75 Å². The summed E-state index contributed by atoms with van der Waals surface area (Å²) in [6.07, 6.45) is 3.70. The van der Waals surface area contributed by atoms with Crippen molar-refractivity contribution in [2.45, 2.75) is 58.4 Å². The van der Waals surface area contributed by atoms with E-state index in [2.05, 4.69) is 57.0 Å². The molecular weight excluding hydrogens is 314 g/mol. The quantitative estimate of drug-likeness (QED) is 0.770. The summed E-state index contributed by atoms with van der Waals surface area (Å²) in [4.78, 5) is 4.55. The Kier molecular flexibility index (Phi) is 5.83. The van der Waals surface area contributed by atoms with Gasteiger partial charge in [-0.3, -0.25) is 4.98 Å². The van der Waals surface area contributed by atoms with Crippen LogP contribution in [0.15, 0.2) is 42.6 Å². The Labute approximate surface area is 146 Å². The summed E-state index contributed by atoms with van der Waals surface area (Å²) in [6, 6.07) is 12.2. The molecule has 4 heteroatoms. The van der Waals surface area contributed by atoms with Gasteiger partial charge in [0.05, 0.1) is 12.8 Å². The molecule has 2 aromatic rings. The fourth-order valence-electron chi connectivity index (χ4n) is 2.15. The van der Waals surface area contributed by atoms with Crippen LogP contribution in [-0.4, -0.2) is 18.4 Å². The highest BCUT2D eigenvalue weighted by atomic mass is 28.4. The van der Waals surface area contributed by atoms with E-state index in [9.17, 15) is 0 Å². The fraction of sp³-hybridized carbons (Fsp3) is 0.450. The second-order valence-electron chi connectivity index (χ2n) is 7.82. The maximum absolute atomic E-state index is 9.07. The van der Waals surface area contributed by atoms with E-state index in [0.717, 1.165) is 29.8 Å². The highest BCUT2D eigenvalue weighted by Crippen LogP contribution is 2.37. The van der Waals surface area contributed by atoms with Crippen LogP contribution >= 0.6 is 0 Å². The van der Waals surface area contributed by atoms with Crippen LogP contribution in [0.2, 0.25) is 18.1 Å². The van der Waals surface area contributed by atoms with Crippen LogP contribution in [0.4, 0.5) is 0 Å². The zero-order valence-electron chi connectivity index (χ0n) is 15.5. The number of aryl methyl sites for hydroxylation is 2. The molecule has 0 spiro atoms. The third kappa shape index (κ3) is 4.92. The van der Waals surface area contributed by atoms with Gasteiger partial charge in [-0.05, 0) is 54.2 Å². The lowest BCUT2D eigenvalue weighted by Crippen LogP contribution is -2.43. The number of aliphatic hydroxyl groups is 1. The molecule has 24 heavy (non-hydrogen) atoms. The van der Waals surface area contributed by atoms with Gasteiger partial charge in [0.1, 0.15) is 5.75 Å². The summed E-state index contributed by atoms with van der Waals surface area (Å²) in [7, 11) is -1.80. The first-order valence-corrected chi connectivity index (χ1v) is 11.4. The Bertz CT molecular complexity index is 643. The molecule has 0 amide bonds. The molecule has 0 unspecified atom stereocenters. The molecule has 1 heterocycles. The van der Waals surface area contributed by atoms with Gasteiger partial charge in [0.25, 0.3) is 8.32 Å². The molecule has 0 fully saturated rings. The second kappa shape index (κ2) is 7.49. The number of benzene rings is 1. The normalized spacial score (nSPS) is 12.2. The van der Waals surface area contributed by atoms with E-state index in [4.69, 9.17) is 9.53 Å². The first-order chi connectivity index (χ1) is 11.2. The van der Waals surface area contributed by atoms with Gasteiger partial charge in [0.15, 0.2) is 0 Å². The number of aromatic nitrogens is 1. The number of nitrogens with zero attached hydrogens (tertiary/aromatic N) is 1. The fourth-order valence-corrected chi connectivity index (χ4v) is 3.17.